The molecule has 0 radical (unpaired) electrons. The largest absolute Gasteiger partial charge is 0.332 e. The van der Waals surface area contributed by atoms with Crippen LogP contribution in [0.5, 0.6) is 0 Å². The SMILES string of the molecule is O=C(/C=C/c1cccc(Br)c1)N(Cc1ccc(F)cc1)C1CC1. The summed E-state index contributed by atoms with van der Waals surface area (Å²) in [7, 11) is 0. The summed E-state index contributed by atoms with van der Waals surface area (Å²) in [5.41, 5.74) is 1.92. The lowest BCUT2D eigenvalue weighted by atomic mass is 10.2. The average Bonchev–Trinajstić information content (AvgIpc) is 3.37. The van der Waals surface area contributed by atoms with Crippen LogP contribution in [0.3, 0.4) is 0 Å². The molecule has 0 saturated heterocycles. The van der Waals surface area contributed by atoms with Gasteiger partial charge in [-0.05, 0) is 54.3 Å². The number of hydrogen-bond acceptors (Lipinski definition) is 1. The second kappa shape index (κ2) is 7.09. The molecule has 0 unspecified atom stereocenters. The number of hydrogen-bond donors (Lipinski definition) is 0. The summed E-state index contributed by atoms with van der Waals surface area (Å²) in [6.07, 6.45) is 5.52. The summed E-state index contributed by atoms with van der Waals surface area (Å²) in [6.45, 7) is 0.520. The van der Waals surface area contributed by atoms with Crippen LogP contribution in [0.15, 0.2) is 59.1 Å². The molecule has 118 valence electrons. The Kier molecular flexibility index (Phi) is 4.91. The van der Waals surface area contributed by atoms with Crippen LogP contribution in [0.2, 0.25) is 0 Å². The molecular formula is C19H17BrFNO. The maximum Gasteiger partial charge on any atom is 0.247 e. The second-order valence-electron chi connectivity index (χ2n) is 5.71. The molecule has 0 bridgehead atoms. The molecule has 1 amide bonds. The molecule has 1 aliphatic carbocycles. The fourth-order valence-electron chi connectivity index (χ4n) is 2.43. The van der Waals surface area contributed by atoms with Gasteiger partial charge in [0.15, 0.2) is 0 Å². The van der Waals surface area contributed by atoms with Crippen molar-refractivity contribution in [1.82, 2.24) is 4.90 Å². The van der Waals surface area contributed by atoms with Crippen molar-refractivity contribution in [2.24, 2.45) is 0 Å². The van der Waals surface area contributed by atoms with Crippen LogP contribution in [0.4, 0.5) is 4.39 Å². The predicted octanol–water partition coefficient (Wildman–Crippen LogP) is 4.79. The maximum absolute atomic E-state index is 13.0. The third-order valence-corrected chi connectivity index (χ3v) is 4.30. The number of nitrogens with zero attached hydrogens (tertiary/aromatic N) is 1. The van der Waals surface area contributed by atoms with E-state index in [9.17, 15) is 9.18 Å². The van der Waals surface area contributed by atoms with E-state index in [1.165, 1.54) is 12.1 Å². The van der Waals surface area contributed by atoms with Crippen molar-refractivity contribution < 1.29 is 9.18 Å². The molecule has 0 heterocycles. The van der Waals surface area contributed by atoms with Crippen LogP contribution in [-0.2, 0) is 11.3 Å². The average molecular weight is 374 g/mol. The summed E-state index contributed by atoms with van der Waals surface area (Å²) < 4.78 is 14.0. The lowest BCUT2D eigenvalue weighted by Crippen LogP contribution is -2.31. The van der Waals surface area contributed by atoms with Crippen LogP contribution in [-0.4, -0.2) is 16.8 Å². The zero-order valence-electron chi connectivity index (χ0n) is 12.6. The molecule has 1 aliphatic rings. The van der Waals surface area contributed by atoms with E-state index in [-0.39, 0.29) is 11.7 Å². The predicted molar refractivity (Wildman–Crippen MR) is 93.1 cm³/mol. The van der Waals surface area contributed by atoms with Crippen molar-refractivity contribution in [2.75, 3.05) is 0 Å². The summed E-state index contributed by atoms with van der Waals surface area (Å²) in [5.74, 6) is -0.260. The smallest absolute Gasteiger partial charge is 0.247 e. The molecule has 0 atom stereocenters. The maximum atomic E-state index is 13.0. The summed E-state index contributed by atoms with van der Waals surface area (Å²) >= 11 is 3.42. The molecule has 0 spiro atoms. The van der Waals surface area contributed by atoms with Crippen molar-refractivity contribution in [3.8, 4) is 0 Å². The molecular weight excluding hydrogens is 357 g/mol. The van der Waals surface area contributed by atoms with Crippen LogP contribution in [0, 0.1) is 5.82 Å². The van der Waals surface area contributed by atoms with E-state index in [2.05, 4.69) is 15.9 Å². The standard InChI is InChI=1S/C19H17BrFNO/c20-16-3-1-2-14(12-16)6-11-19(23)22(18-9-10-18)13-15-4-7-17(21)8-5-15/h1-8,11-12,18H,9-10,13H2/b11-6+. The van der Waals surface area contributed by atoms with Gasteiger partial charge in [-0.2, -0.15) is 0 Å². The first-order valence-corrected chi connectivity index (χ1v) is 8.40. The number of carbonyl (C=O) groups is 1. The third-order valence-electron chi connectivity index (χ3n) is 3.80. The Balaban J connectivity index is 1.70. The third kappa shape index (κ3) is 4.52. The molecule has 0 aliphatic heterocycles. The minimum absolute atomic E-state index is 0.00296. The van der Waals surface area contributed by atoms with Crippen molar-refractivity contribution in [1.29, 1.82) is 0 Å². The van der Waals surface area contributed by atoms with Gasteiger partial charge in [0.05, 0.1) is 0 Å². The highest BCUT2D eigenvalue weighted by Crippen LogP contribution is 2.29. The molecule has 0 aromatic heterocycles. The topological polar surface area (TPSA) is 20.3 Å². The fraction of sp³-hybridized carbons (Fsp3) is 0.211. The number of halogens is 2. The summed E-state index contributed by atoms with van der Waals surface area (Å²) in [5, 5.41) is 0. The first-order valence-electron chi connectivity index (χ1n) is 7.60. The molecule has 1 saturated carbocycles. The number of rotatable bonds is 5. The van der Waals surface area contributed by atoms with Gasteiger partial charge in [0.25, 0.3) is 0 Å². The Bertz CT molecular complexity index is 722. The van der Waals surface area contributed by atoms with Gasteiger partial charge in [0.1, 0.15) is 5.82 Å². The minimum Gasteiger partial charge on any atom is -0.332 e. The van der Waals surface area contributed by atoms with Crippen molar-refractivity contribution >= 4 is 27.9 Å². The first-order chi connectivity index (χ1) is 11.1. The fourth-order valence-corrected chi connectivity index (χ4v) is 2.85. The van der Waals surface area contributed by atoms with Crippen molar-refractivity contribution in [2.45, 2.75) is 25.4 Å². The molecule has 3 rings (SSSR count). The molecule has 2 aromatic rings. The van der Waals surface area contributed by atoms with E-state index in [4.69, 9.17) is 0 Å². The Morgan fingerprint density at radius 2 is 1.96 bits per heavy atom. The Hall–Kier alpha value is -1.94. The highest BCUT2D eigenvalue weighted by molar-refractivity contribution is 9.10. The van der Waals surface area contributed by atoms with Gasteiger partial charge >= 0.3 is 0 Å². The van der Waals surface area contributed by atoms with Gasteiger partial charge in [0, 0.05) is 23.1 Å². The molecule has 2 nitrogen and oxygen atoms in total. The molecule has 4 heteroatoms. The lowest BCUT2D eigenvalue weighted by molar-refractivity contribution is -0.127. The zero-order valence-corrected chi connectivity index (χ0v) is 14.2. The number of amides is 1. The highest BCUT2D eigenvalue weighted by Gasteiger charge is 2.31. The Morgan fingerprint density at radius 3 is 2.61 bits per heavy atom. The van der Waals surface area contributed by atoms with Gasteiger partial charge < -0.3 is 4.90 Å². The van der Waals surface area contributed by atoms with E-state index in [1.54, 1.807) is 18.2 Å². The highest BCUT2D eigenvalue weighted by atomic mass is 79.9. The zero-order chi connectivity index (χ0) is 16.2. The lowest BCUT2D eigenvalue weighted by Gasteiger charge is -2.21. The van der Waals surface area contributed by atoms with E-state index >= 15 is 0 Å². The van der Waals surface area contributed by atoms with E-state index in [0.717, 1.165) is 28.4 Å². The minimum atomic E-state index is -0.257. The molecule has 2 aromatic carbocycles. The molecule has 0 N–H and O–H groups in total. The van der Waals surface area contributed by atoms with Gasteiger partial charge in [-0.25, -0.2) is 4.39 Å². The van der Waals surface area contributed by atoms with E-state index < -0.39 is 0 Å². The Morgan fingerprint density at radius 1 is 1.22 bits per heavy atom. The van der Waals surface area contributed by atoms with Gasteiger partial charge in [-0.1, -0.05) is 40.2 Å². The van der Waals surface area contributed by atoms with Gasteiger partial charge in [-0.15, -0.1) is 0 Å². The van der Waals surface area contributed by atoms with Crippen molar-refractivity contribution in [3.05, 3.63) is 76.0 Å². The quantitative estimate of drug-likeness (QED) is 0.689. The summed E-state index contributed by atoms with van der Waals surface area (Å²) in [6, 6.07) is 14.4. The molecule has 1 fully saturated rings. The first kappa shape index (κ1) is 15.9. The van der Waals surface area contributed by atoms with Crippen molar-refractivity contribution in [3.63, 3.8) is 0 Å². The number of benzene rings is 2. The second-order valence-corrected chi connectivity index (χ2v) is 6.63. The van der Waals surface area contributed by atoms with Crippen LogP contribution < -0.4 is 0 Å². The molecule has 23 heavy (non-hydrogen) atoms. The van der Waals surface area contributed by atoms with Crippen LogP contribution in [0.25, 0.3) is 6.08 Å². The summed E-state index contributed by atoms with van der Waals surface area (Å²) in [4.78, 5) is 14.4. The Labute approximate surface area is 143 Å². The van der Waals surface area contributed by atoms with E-state index in [0.29, 0.717) is 12.6 Å². The number of carbonyl (C=O) groups excluding carboxylic acids is 1. The van der Waals surface area contributed by atoms with Gasteiger partial charge in [-0.3, -0.25) is 4.79 Å². The van der Waals surface area contributed by atoms with Gasteiger partial charge in [0.2, 0.25) is 5.91 Å². The van der Waals surface area contributed by atoms with Crippen LogP contribution in [0.1, 0.15) is 24.0 Å². The monoisotopic (exact) mass is 373 g/mol. The van der Waals surface area contributed by atoms with Crippen LogP contribution >= 0.6 is 15.9 Å². The van der Waals surface area contributed by atoms with E-state index in [1.807, 2.05) is 35.2 Å². The normalized spacial score (nSPS) is 14.2.